The van der Waals surface area contributed by atoms with Gasteiger partial charge in [-0.05, 0) is 49.1 Å². The average molecular weight is 283 g/mol. The van der Waals surface area contributed by atoms with Gasteiger partial charge in [0.15, 0.2) is 0 Å². The van der Waals surface area contributed by atoms with Gasteiger partial charge in [-0.3, -0.25) is 0 Å². The zero-order valence-electron chi connectivity index (χ0n) is 13.4. The average Bonchev–Trinajstić information content (AvgIpc) is 2.46. The van der Waals surface area contributed by atoms with Crippen molar-refractivity contribution in [3.05, 3.63) is 59.7 Å². The van der Waals surface area contributed by atoms with Crippen LogP contribution in [0.15, 0.2) is 48.5 Å². The number of benzene rings is 2. The topological polar surface area (TPSA) is 21.3 Å². The highest BCUT2D eigenvalue weighted by molar-refractivity contribution is 5.43. The van der Waals surface area contributed by atoms with Crippen molar-refractivity contribution in [2.45, 2.75) is 39.7 Å². The highest BCUT2D eigenvalue weighted by atomic mass is 16.5. The third-order valence-electron chi connectivity index (χ3n) is 3.49. The first-order valence-corrected chi connectivity index (χ1v) is 7.62. The molecule has 0 heterocycles. The van der Waals surface area contributed by atoms with Crippen LogP contribution in [0, 0.1) is 6.92 Å². The molecule has 112 valence electrons. The van der Waals surface area contributed by atoms with Crippen LogP contribution in [-0.2, 0) is 0 Å². The van der Waals surface area contributed by atoms with Crippen LogP contribution in [0.3, 0.4) is 0 Å². The van der Waals surface area contributed by atoms with E-state index in [9.17, 15) is 0 Å². The minimum Gasteiger partial charge on any atom is -0.489 e. The van der Waals surface area contributed by atoms with Gasteiger partial charge in [0.25, 0.3) is 0 Å². The number of rotatable bonds is 6. The van der Waals surface area contributed by atoms with E-state index in [0.717, 1.165) is 18.0 Å². The fourth-order valence-electron chi connectivity index (χ4n) is 2.30. The van der Waals surface area contributed by atoms with E-state index in [1.54, 1.807) is 0 Å². The fraction of sp³-hybridized carbons (Fsp3) is 0.368. The maximum absolute atomic E-state index is 6.15. The number of para-hydroxylation sites is 1. The maximum Gasteiger partial charge on any atom is 0.123 e. The lowest BCUT2D eigenvalue weighted by Gasteiger charge is -2.20. The Morgan fingerprint density at radius 3 is 2.38 bits per heavy atom. The summed E-state index contributed by atoms with van der Waals surface area (Å²) in [6, 6.07) is 16.7. The Labute approximate surface area is 128 Å². The quantitative estimate of drug-likeness (QED) is 0.805. The van der Waals surface area contributed by atoms with E-state index < -0.39 is 0 Å². The molecule has 21 heavy (non-hydrogen) atoms. The molecule has 2 heteroatoms. The molecule has 0 aliphatic carbocycles. The lowest BCUT2D eigenvalue weighted by molar-refractivity contribution is 0.231. The molecule has 0 aliphatic heterocycles. The SMILES string of the molecule is Cc1ccc(C(C)C)c(OC(C)CNc2ccccc2)c1. The lowest BCUT2D eigenvalue weighted by Crippen LogP contribution is -2.23. The lowest BCUT2D eigenvalue weighted by atomic mass is 10.0. The summed E-state index contributed by atoms with van der Waals surface area (Å²) in [6.45, 7) is 9.39. The third kappa shape index (κ3) is 4.52. The summed E-state index contributed by atoms with van der Waals surface area (Å²) in [5.41, 5.74) is 3.63. The van der Waals surface area contributed by atoms with Crippen LogP contribution in [0.5, 0.6) is 5.75 Å². The van der Waals surface area contributed by atoms with Crippen molar-refractivity contribution in [1.29, 1.82) is 0 Å². The molecule has 0 amide bonds. The summed E-state index contributed by atoms with van der Waals surface area (Å²) in [4.78, 5) is 0. The molecular formula is C19H25NO. The minimum absolute atomic E-state index is 0.115. The molecule has 1 unspecified atom stereocenters. The van der Waals surface area contributed by atoms with E-state index in [1.165, 1.54) is 11.1 Å². The number of hydrogen-bond acceptors (Lipinski definition) is 2. The molecule has 0 saturated carbocycles. The Bertz CT molecular complexity index is 563. The summed E-state index contributed by atoms with van der Waals surface area (Å²) < 4.78 is 6.15. The van der Waals surface area contributed by atoms with Crippen molar-refractivity contribution >= 4 is 5.69 Å². The molecular weight excluding hydrogens is 258 g/mol. The number of nitrogens with one attached hydrogen (secondary N) is 1. The van der Waals surface area contributed by atoms with Crippen LogP contribution in [0.2, 0.25) is 0 Å². The van der Waals surface area contributed by atoms with Crippen LogP contribution in [0.25, 0.3) is 0 Å². The molecule has 2 rings (SSSR count). The van der Waals surface area contributed by atoms with E-state index in [2.05, 4.69) is 63.3 Å². The van der Waals surface area contributed by atoms with Gasteiger partial charge in [-0.15, -0.1) is 0 Å². The minimum atomic E-state index is 0.115. The summed E-state index contributed by atoms with van der Waals surface area (Å²) in [5, 5.41) is 3.40. The van der Waals surface area contributed by atoms with E-state index in [1.807, 2.05) is 18.2 Å². The highest BCUT2D eigenvalue weighted by Gasteiger charge is 2.11. The van der Waals surface area contributed by atoms with E-state index in [4.69, 9.17) is 4.74 Å². The van der Waals surface area contributed by atoms with Crippen molar-refractivity contribution in [3.8, 4) is 5.75 Å². The van der Waals surface area contributed by atoms with Crippen LogP contribution >= 0.6 is 0 Å². The summed E-state index contributed by atoms with van der Waals surface area (Å²) in [6.07, 6.45) is 0.115. The standard InChI is InChI=1S/C19H25NO/c1-14(2)18-11-10-15(3)12-19(18)21-16(4)13-20-17-8-6-5-7-9-17/h5-12,14,16,20H,13H2,1-4H3. The Balaban J connectivity index is 1.99. The molecule has 0 bridgehead atoms. The van der Waals surface area contributed by atoms with Gasteiger partial charge in [-0.1, -0.05) is 44.2 Å². The first-order valence-electron chi connectivity index (χ1n) is 7.62. The predicted molar refractivity (Wildman–Crippen MR) is 90.3 cm³/mol. The van der Waals surface area contributed by atoms with E-state index >= 15 is 0 Å². The Morgan fingerprint density at radius 2 is 1.71 bits per heavy atom. The third-order valence-corrected chi connectivity index (χ3v) is 3.49. The fourth-order valence-corrected chi connectivity index (χ4v) is 2.30. The zero-order chi connectivity index (χ0) is 15.2. The van der Waals surface area contributed by atoms with Gasteiger partial charge >= 0.3 is 0 Å². The molecule has 0 saturated heterocycles. The Morgan fingerprint density at radius 1 is 1.00 bits per heavy atom. The van der Waals surface area contributed by atoms with Gasteiger partial charge in [-0.2, -0.15) is 0 Å². The maximum atomic E-state index is 6.15. The molecule has 2 nitrogen and oxygen atoms in total. The molecule has 2 aromatic rings. The highest BCUT2D eigenvalue weighted by Crippen LogP contribution is 2.28. The van der Waals surface area contributed by atoms with Crippen molar-refractivity contribution < 1.29 is 4.74 Å². The predicted octanol–water partition coefficient (Wildman–Crippen LogP) is 5.00. The number of anilines is 1. The molecule has 2 aromatic carbocycles. The van der Waals surface area contributed by atoms with Gasteiger partial charge in [0, 0.05) is 5.69 Å². The number of hydrogen-bond donors (Lipinski definition) is 1. The van der Waals surface area contributed by atoms with Gasteiger partial charge in [0.1, 0.15) is 11.9 Å². The smallest absolute Gasteiger partial charge is 0.123 e. The molecule has 0 fully saturated rings. The van der Waals surface area contributed by atoms with Gasteiger partial charge in [0.2, 0.25) is 0 Å². The second kappa shape index (κ2) is 7.16. The second-order valence-corrected chi connectivity index (χ2v) is 5.87. The Kier molecular flexibility index (Phi) is 5.26. The number of aryl methyl sites for hydroxylation is 1. The van der Waals surface area contributed by atoms with Crippen molar-refractivity contribution in [3.63, 3.8) is 0 Å². The molecule has 1 atom stereocenters. The van der Waals surface area contributed by atoms with Crippen molar-refractivity contribution in [2.24, 2.45) is 0 Å². The van der Waals surface area contributed by atoms with Crippen LogP contribution in [0.4, 0.5) is 5.69 Å². The van der Waals surface area contributed by atoms with Crippen molar-refractivity contribution in [1.82, 2.24) is 0 Å². The normalized spacial score (nSPS) is 12.2. The first-order chi connectivity index (χ1) is 10.1. The van der Waals surface area contributed by atoms with Gasteiger partial charge in [0.05, 0.1) is 6.54 Å². The van der Waals surface area contributed by atoms with Crippen LogP contribution in [-0.4, -0.2) is 12.6 Å². The van der Waals surface area contributed by atoms with E-state index in [0.29, 0.717) is 5.92 Å². The monoisotopic (exact) mass is 283 g/mol. The summed E-state index contributed by atoms with van der Waals surface area (Å²) in [5.74, 6) is 1.47. The van der Waals surface area contributed by atoms with Gasteiger partial charge < -0.3 is 10.1 Å². The zero-order valence-corrected chi connectivity index (χ0v) is 13.4. The largest absolute Gasteiger partial charge is 0.489 e. The number of ether oxygens (including phenoxy) is 1. The second-order valence-electron chi connectivity index (χ2n) is 5.87. The summed E-state index contributed by atoms with van der Waals surface area (Å²) >= 11 is 0. The van der Waals surface area contributed by atoms with Crippen LogP contribution in [0.1, 0.15) is 37.8 Å². The Hall–Kier alpha value is -1.96. The molecule has 0 aliphatic rings. The first kappa shape index (κ1) is 15.4. The molecule has 0 radical (unpaired) electrons. The summed E-state index contributed by atoms with van der Waals surface area (Å²) in [7, 11) is 0. The van der Waals surface area contributed by atoms with Gasteiger partial charge in [-0.25, -0.2) is 0 Å². The van der Waals surface area contributed by atoms with E-state index in [-0.39, 0.29) is 6.10 Å². The van der Waals surface area contributed by atoms with Crippen molar-refractivity contribution in [2.75, 3.05) is 11.9 Å². The molecule has 0 spiro atoms. The molecule has 1 N–H and O–H groups in total. The molecule has 0 aromatic heterocycles. The van der Waals surface area contributed by atoms with Crippen LogP contribution < -0.4 is 10.1 Å².